The van der Waals surface area contributed by atoms with Crippen LogP contribution in [0.25, 0.3) is 0 Å². The second-order valence-corrected chi connectivity index (χ2v) is 5.09. The van der Waals surface area contributed by atoms with Crippen LogP contribution in [0.4, 0.5) is 0 Å². The van der Waals surface area contributed by atoms with E-state index in [2.05, 4.69) is 25.7 Å². The Morgan fingerprint density at radius 1 is 1.60 bits per heavy atom. The maximum atomic E-state index is 9.54. The van der Waals surface area contributed by atoms with Gasteiger partial charge in [-0.25, -0.2) is 0 Å². The molecule has 88 valence electrons. The van der Waals surface area contributed by atoms with Gasteiger partial charge in [0.05, 0.1) is 19.3 Å². The lowest BCUT2D eigenvalue weighted by Crippen LogP contribution is -2.60. The lowest BCUT2D eigenvalue weighted by Gasteiger charge is -2.49. The molecule has 2 unspecified atom stereocenters. The van der Waals surface area contributed by atoms with E-state index in [4.69, 9.17) is 4.74 Å². The molecule has 0 aromatic heterocycles. The van der Waals surface area contributed by atoms with Crippen molar-refractivity contribution >= 4 is 0 Å². The normalized spacial score (nSPS) is 28.5. The molecule has 2 atom stereocenters. The molecule has 3 heteroatoms. The molecule has 1 rings (SSSR count). The molecule has 2 N–H and O–H groups in total. The summed E-state index contributed by atoms with van der Waals surface area (Å²) in [4.78, 5) is 0. The van der Waals surface area contributed by atoms with Gasteiger partial charge >= 0.3 is 0 Å². The minimum atomic E-state index is -0.161. The first-order valence-electron chi connectivity index (χ1n) is 5.58. The van der Waals surface area contributed by atoms with Gasteiger partial charge in [0.25, 0.3) is 0 Å². The van der Waals surface area contributed by atoms with Gasteiger partial charge in [-0.2, -0.15) is 0 Å². The zero-order valence-corrected chi connectivity index (χ0v) is 10.0. The third-order valence-electron chi connectivity index (χ3n) is 3.20. The average molecular weight is 213 g/mol. The van der Waals surface area contributed by atoms with Crippen LogP contribution in [0.5, 0.6) is 0 Å². The summed E-state index contributed by atoms with van der Waals surface area (Å²) >= 11 is 0. The van der Waals surface area contributed by atoms with Crippen molar-refractivity contribution in [2.45, 2.75) is 39.3 Å². The minimum absolute atomic E-state index is 0.00829. The third kappa shape index (κ3) is 3.30. The Labute approximate surface area is 92.5 Å². The van der Waals surface area contributed by atoms with E-state index in [1.807, 2.05) is 6.92 Å². The van der Waals surface area contributed by atoms with Gasteiger partial charge in [0.2, 0.25) is 0 Å². The highest BCUT2D eigenvalue weighted by molar-refractivity contribution is 5.01. The minimum Gasteiger partial charge on any atom is -0.392 e. The van der Waals surface area contributed by atoms with Crippen LogP contribution in [-0.2, 0) is 4.74 Å². The van der Waals surface area contributed by atoms with Crippen LogP contribution < -0.4 is 5.32 Å². The molecule has 1 aliphatic carbocycles. The van der Waals surface area contributed by atoms with Crippen LogP contribution in [0, 0.1) is 5.41 Å². The van der Waals surface area contributed by atoms with Crippen molar-refractivity contribution in [2.24, 2.45) is 5.41 Å². The number of ether oxygens (including phenoxy) is 1. The molecular formula is C12H23NO2. The maximum Gasteiger partial charge on any atom is 0.0672 e. The van der Waals surface area contributed by atoms with Gasteiger partial charge in [-0.1, -0.05) is 26.0 Å². The van der Waals surface area contributed by atoms with E-state index in [0.29, 0.717) is 19.3 Å². The largest absolute Gasteiger partial charge is 0.392 e. The van der Waals surface area contributed by atoms with Gasteiger partial charge in [0, 0.05) is 18.0 Å². The van der Waals surface area contributed by atoms with Gasteiger partial charge in [-0.15, -0.1) is 0 Å². The zero-order chi connectivity index (χ0) is 11.5. The molecule has 0 aromatic carbocycles. The molecule has 1 fully saturated rings. The summed E-state index contributed by atoms with van der Waals surface area (Å²) in [5.74, 6) is 0. The maximum absolute atomic E-state index is 9.54. The first-order valence-corrected chi connectivity index (χ1v) is 5.58. The summed E-state index contributed by atoms with van der Waals surface area (Å²) in [5, 5.41) is 12.9. The molecule has 0 aliphatic heterocycles. The summed E-state index contributed by atoms with van der Waals surface area (Å²) in [6.07, 6.45) is 0.694. The molecule has 1 saturated carbocycles. The summed E-state index contributed by atoms with van der Waals surface area (Å²) in [5.41, 5.74) is 1.06. The van der Waals surface area contributed by atoms with Crippen molar-refractivity contribution in [3.05, 3.63) is 12.2 Å². The Balaban J connectivity index is 2.04. The highest BCUT2D eigenvalue weighted by atomic mass is 16.5. The van der Waals surface area contributed by atoms with Crippen molar-refractivity contribution in [2.75, 3.05) is 19.8 Å². The van der Waals surface area contributed by atoms with Crippen molar-refractivity contribution in [1.29, 1.82) is 0 Å². The predicted octanol–water partition coefficient (Wildman–Crippen LogP) is 1.33. The summed E-state index contributed by atoms with van der Waals surface area (Å²) < 4.78 is 5.38. The van der Waals surface area contributed by atoms with Gasteiger partial charge in [-0.05, 0) is 13.3 Å². The van der Waals surface area contributed by atoms with Crippen LogP contribution in [0.2, 0.25) is 0 Å². The highest BCUT2D eigenvalue weighted by Crippen LogP contribution is 2.40. The highest BCUT2D eigenvalue weighted by Gasteiger charge is 2.46. The summed E-state index contributed by atoms with van der Waals surface area (Å²) in [6, 6.07) is 0.418. The standard InChI is InChI=1S/C12H23NO2/c1-9(2)8-15-6-5-13-10-7-11(14)12(10,3)4/h10-11,13-14H,1,5-8H2,2-4H3. The Bertz CT molecular complexity index is 226. The predicted molar refractivity (Wildman–Crippen MR) is 61.8 cm³/mol. The Hall–Kier alpha value is -0.380. The SMILES string of the molecule is C=C(C)COCCNC1CC(O)C1(C)C. The number of aliphatic hydroxyl groups is 1. The Kier molecular flexibility index (Phi) is 4.32. The fourth-order valence-corrected chi connectivity index (χ4v) is 1.80. The van der Waals surface area contributed by atoms with Crippen LogP contribution in [0.15, 0.2) is 12.2 Å². The molecule has 0 heterocycles. The van der Waals surface area contributed by atoms with E-state index >= 15 is 0 Å². The average Bonchev–Trinajstić information content (AvgIpc) is 2.15. The molecule has 0 amide bonds. The fraction of sp³-hybridized carbons (Fsp3) is 0.833. The van der Waals surface area contributed by atoms with Crippen LogP contribution in [-0.4, -0.2) is 37.0 Å². The van der Waals surface area contributed by atoms with Gasteiger partial charge in [0.15, 0.2) is 0 Å². The quantitative estimate of drug-likeness (QED) is 0.516. The number of hydrogen-bond acceptors (Lipinski definition) is 3. The molecule has 1 aliphatic rings. The Morgan fingerprint density at radius 3 is 2.73 bits per heavy atom. The molecule has 0 spiro atoms. The van der Waals surface area contributed by atoms with Crippen molar-refractivity contribution in [1.82, 2.24) is 5.32 Å². The molecule has 0 aromatic rings. The van der Waals surface area contributed by atoms with Crippen LogP contribution in [0.3, 0.4) is 0 Å². The lowest BCUT2D eigenvalue weighted by molar-refractivity contribution is -0.0736. The van der Waals surface area contributed by atoms with E-state index in [0.717, 1.165) is 18.5 Å². The summed E-state index contributed by atoms with van der Waals surface area (Å²) in [7, 11) is 0. The van der Waals surface area contributed by atoms with E-state index in [9.17, 15) is 5.11 Å². The molecule has 0 radical (unpaired) electrons. The van der Waals surface area contributed by atoms with E-state index in [1.54, 1.807) is 0 Å². The number of hydrogen-bond donors (Lipinski definition) is 2. The van der Waals surface area contributed by atoms with Crippen molar-refractivity contribution in [3.8, 4) is 0 Å². The second-order valence-electron chi connectivity index (χ2n) is 5.09. The van der Waals surface area contributed by atoms with Gasteiger partial charge in [-0.3, -0.25) is 0 Å². The molecule has 0 saturated heterocycles. The number of aliphatic hydroxyl groups excluding tert-OH is 1. The Morgan fingerprint density at radius 2 is 2.27 bits per heavy atom. The smallest absolute Gasteiger partial charge is 0.0672 e. The fourth-order valence-electron chi connectivity index (χ4n) is 1.80. The van der Waals surface area contributed by atoms with Crippen molar-refractivity contribution < 1.29 is 9.84 Å². The number of nitrogens with one attached hydrogen (secondary N) is 1. The van der Waals surface area contributed by atoms with Gasteiger partial charge in [0.1, 0.15) is 0 Å². The third-order valence-corrected chi connectivity index (χ3v) is 3.20. The summed E-state index contributed by atoms with van der Waals surface area (Å²) in [6.45, 7) is 12.1. The van der Waals surface area contributed by atoms with E-state index < -0.39 is 0 Å². The molecule has 3 nitrogen and oxygen atoms in total. The monoisotopic (exact) mass is 213 g/mol. The zero-order valence-electron chi connectivity index (χ0n) is 10.0. The van der Waals surface area contributed by atoms with Gasteiger partial charge < -0.3 is 15.2 Å². The van der Waals surface area contributed by atoms with Crippen molar-refractivity contribution in [3.63, 3.8) is 0 Å². The van der Waals surface area contributed by atoms with Crippen LogP contribution in [0.1, 0.15) is 27.2 Å². The first kappa shape index (κ1) is 12.7. The number of rotatable bonds is 6. The van der Waals surface area contributed by atoms with Crippen LogP contribution >= 0.6 is 0 Å². The molecular weight excluding hydrogens is 190 g/mol. The first-order chi connectivity index (χ1) is 6.94. The second kappa shape index (κ2) is 5.10. The van der Waals surface area contributed by atoms with E-state index in [-0.39, 0.29) is 11.5 Å². The molecule has 0 bridgehead atoms. The molecule has 15 heavy (non-hydrogen) atoms. The topological polar surface area (TPSA) is 41.5 Å². The lowest BCUT2D eigenvalue weighted by atomic mass is 9.64. The van der Waals surface area contributed by atoms with E-state index in [1.165, 1.54) is 0 Å².